The Labute approximate surface area is 142 Å². The van der Waals surface area contributed by atoms with Crippen LogP contribution in [0.2, 0.25) is 0 Å². The van der Waals surface area contributed by atoms with Crippen molar-refractivity contribution in [1.29, 1.82) is 0 Å². The quantitative estimate of drug-likeness (QED) is 0.631. The molecule has 0 saturated carbocycles. The van der Waals surface area contributed by atoms with Gasteiger partial charge in [-0.1, -0.05) is 48.5 Å². The van der Waals surface area contributed by atoms with Gasteiger partial charge in [0.1, 0.15) is 5.75 Å². The van der Waals surface area contributed by atoms with E-state index in [0.29, 0.717) is 0 Å². The number of hydrogen-bond acceptors (Lipinski definition) is 2. The molecule has 0 radical (unpaired) electrons. The molecule has 0 saturated heterocycles. The van der Waals surface area contributed by atoms with Crippen LogP contribution >= 0.6 is 0 Å². The minimum atomic E-state index is 0.876. The van der Waals surface area contributed by atoms with Gasteiger partial charge in [0, 0.05) is 29.5 Å². The van der Waals surface area contributed by atoms with E-state index >= 15 is 0 Å². The van der Waals surface area contributed by atoms with E-state index in [1.54, 1.807) is 7.11 Å². The average molecular weight is 313 g/mol. The van der Waals surface area contributed by atoms with Crippen LogP contribution in [0.1, 0.15) is 16.7 Å². The monoisotopic (exact) mass is 313 g/mol. The number of nitrogens with zero attached hydrogens (tertiary/aromatic N) is 1. The number of anilines is 2. The smallest absolute Gasteiger partial charge is 0.118 e. The average Bonchev–Trinajstić information content (AvgIpc) is 2.65. The molecule has 0 aliphatic carbocycles. The van der Waals surface area contributed by atoms with Crippen molar-refractivity contribution in [1.82, 2.24) is 0 Å². The molecule has 2 heteroatoms. The largest absolute Gasteiger partial charge is 0.497 e. The van der Waals surface area contributed by atoms with Crippen LogP contribution < -0.4 is 9.64 Å². The Hall–Kier alpha value is -3.00. The zero-order valence-corrected chi connectivity index (χ0v) is 13.9. The summed E-state index contributed by atoms with van der Waals surface area (Å²) in [6.07, 6.45) is 2.25. The Morgan fingerprint density at radius 2 is 1.29 bits per heavy atom. The van der Waals surface area contributed by atoms with Gasteiger partial charge in [0.2, 0.25) is 0 Å². The van der Waals surface area contributed by atoms with Crippen LogP contribution in [-0.2, 0) is 0 Å². The summed E-state index contributed by atoms with van der Waals surface area (Å²) >= 11 is 0. The molecular weight excluding hydrogens is 294 g/mol. The first-order valence-corrected chi connectivity index (χ1v) is 8.06. The number of para-hydroxylation sites is 2. The summed E-state index contributed by atoms with van der Waals surface area (Å²) in [4.78, 5) is 2.26. The Morgan fingerprint density at radius 1 is 0.750 bits per heavy atom. The summed E-state index contributed by atoms with van der Waals surface area (Å²) in [5.41, 5.74) is 7.40. The molecule has 3 aromatic rings. The maximum absolute atomic E-state index is 5.26. The number of fused-ring (bicyclic) bond motifs is 2. The van der Waals surface area contributed by atoms with Gasteiger partial charge in [-0.05, 0) is 41.5 Å². The molecule has 0 amide bonds. The van der Waals surface area contributed by atoms with Gasteiger partial charge in [0.15, 0.2) is 0 Å². The van der Waals surface area contributed by atoms with Crippen molar-refractivity contribution in [2.45, 2.75) is 0 Å². The van der Waals surface area contributed by atoms with Gasteiger partial charge in [-0.15, -0.1) is 0 Å². The molecule has 0 aromatic heterocycles. The standard InChI is InChI=1S/C22H19NO/c1-23-21-9-5-3-7-18(21)20(19-8-4-6-10-22(19)23)15-16-11-13-17(24-2)14-12-16/h3-15H,1-2H3. The van der Waals surface area contributed by atoms with Crippen LogP contribution in [-0.4, -0.2) is 14.2 Å². The lowest BCUT2D eigenvalue weighted by Crippen LogP contribution is -2.17. The predicted molar refractivity (Wildman–Crippen MR) is 101 cm³/mol. The minimum Gasteiger partial charge on any atom is -0.497 e. The molecule has 0 unspecified atom stereocenters. The van der Waals surface area contributed by atoms with E-state index in [2.05, 4.69) is 78.7 Å². The first-order chi connectivity index (χ1) is 11.8. The second-order valence-corrected chi connectivity index (χ2v) is 5.92. The van der Waals surface area contributed by atoms with Crippen molar-refractivity contribution in [3.05, 3.63) is 89.5 Å². The van der Waals surface area contributed by atoms with Gasteiger partial charge in [-0.25, -0.2) is 0 Å². The molecule has 118 valence electrons. The molecule has 0 spiro atoms. The maximum Gasteiger partial charge on any atom is 0.118 e. The topological polar surface area (TPSA) is 12.5 Å². The zero-order chi connectivity index (χ0) is 16.5. The SMILES string of the molecule is COc1ccc(C=C2c3ccccc3N(C)c3ccccc32)cc1. The molecule has 1 heterocycles. The number of ether oxygens (including phenoxy) is 1. The van der Waals surface area contributed by atoms with Gasteiger partial charge < -0.3 is 9.64 Å². The molecule has 1 aliphatic heterocycles. The normalized spacial score (nSPS) is 12.4. The lowest BCUT2D eigenvalue weighted by molar-refractivity contribution is 0.415. The van der Waals surface area contributed by atoms with Crippen LogP contribution in [0.5, 0.6) is 5.75 Å². The van der Waals surface area contributed by atoms with Gasteiger partial charge in [0.05, 0.1) is 7.11 Å². The second kappa shape index (κ2) is 5.89. The van der Waals surface area contributed by atoms with Crippen LogP contribution in [0, 0.1) is 0 Å². The fraction of sp³-hybridized carbons (Fsp3) is 0.0909. The van der Waals surface area contributed by atoms with E-state index in [1.165, 1.54) is 33.6 Å². The fourth-order valence-electron chi connectivity index (χ4n) is 3.28. The summed E-state index contributed by atoms with van der Waals surface area (Å²) < 4.78 is 5.26. The zero-order valence-electron chi connectivity index (χ0n) is 13.9. The van der Waals surface area contributed by atoms with Crippen LogP contribution in [0.15, 0.2) is 72.8 Å². The highest BCUT2D eigenvalue weighted by atomic mass is 16.5. The lowest BCUT2D eigenvalue weighted by Gasteiger charge is -2.31. The summed E-state index contributed by atoms with van der Waals surface area (Å²) in [5, 5.41) is 0. The molecule has 24 heavy (non-hydrogen) atoms. The van der Waals surface area contributed by atoms with Crippen molar-refractivity contribution in [2.24, 2.45) is 0 Å². The maximum atomic E-state index is 5.26. The summed E-state index contributed by atoms with van der Waals surface area (Å²) in [6, 6.07) is 25.3. The molecule has 3 aromatic carbocycles. The third-order valence-corrected chi connectivity index (χ3v) is 4.54. The van der Waals surface area contributed by atoms with Gasteiger partial charge in [-0.2, -0.15) is 0 Å². The number of rotatable bonds is 2. The van der Waals surface area contributed by atoms with Crippen molar-refractivity contribution in [2.75, 3.05) is 19.1 Å². The molecular formula is C22H19NO. The highest BCUT2D eigenvalue weighted by Crippen LogP contribution is 2.44. The van der Waals surface area contributed by atoms with E-state index in [9.17, 15) is 0 Å². The summed E-state index contributed by atoms with van der Waals surface area (Å²) in [7, 11) is 3.82. The summed E-state index contributed by atoms with van der Waals surface area (Å²) in [6.45, 7) is 0. The number of hydrogen-bond donors (Lipinski definition) is 0. The molecule has 0 atom stereocenters. The van der Waals surface area contributed by atoms with Crippen molar-refractivity contribution in [3.63, 3.8) is 0 Å². The third kappa shape index (κ3) is 2.37. The van der Waals surface area contributed by atoms with Crippen molar-refractivity contribution in [3.8, 4) is 5.75 Å². The highest BCUT2D eigenvalue weighted by Gasteiger charge is 2.23. The van der Waals surface area contributed by atoms with Crippen LogP contribution in [0.4, 0.5) is 11.4 Å². The molecule has 4 rings (SSSR count). The van der Waals surface area contributed by atoms with Gasteiger partial charge >= 0.3 is 0 Å². The third-order valence-electron chi connectivity index (χ3n) is 4.54. The Balaban J connectivity index is 1.91. The lowest BCUT2D eigenvalue weighted by atomic mass is 9.89. The van der Waals surface area contributed by atoms with Crippen molar-refractivity contribution < 1.29 is 4.74 Å². The Morgan fingerprint density at radius 3 is 1.83 bits per heavy atom. The van der Waals surface area contributed by atoms with E-state index in [-0.39, 0.29) is 0 Å². The van der Waals surface area contributed by atoms with E-state index in [1.807, 2.05) is 12.1 Å². The number of methoxy groups -OCH3 is 1. The van der Waals surface area contributed by atoms with Crippen LogP contribution in [0.25, 0.3) is 11.6 Å². The molecule has 0 bridgehead atoms. The Bertz CT molecular complexity index is 860. The minimum absolute atomic E-state index is 0.876. The fourth-order valence-corrected chi connectivity index (χ4v) is 3.28. The molecule has 2 nitrogen and oxygen atoms in total. The molecule has 0 N–H and O–H groups in total. The second-order valence-electron chi connectivity index (χ2n) is 5.92. The van der Waals surface area contributed by atoms with Gasteiger partial charge in [0.25, 0.3) is 0 Å². The van der Waals surface area contributed by atoms with Crippen LogP contribution in [0.3, 0.4) is 0 Å². The highest BCUT2D eigenvalue weighted by molar-refractivity contribution is 6.03. The van der Waals surface area contributed by atoms with E-state index < -0.39 is 0 Å². The van der Waals surface area contributed by atoms with Crippen molar-refractivity contribution >= 4 is 23.0 Å². The first-order valence-electron chi connectivity index (χ1n) is 8.06. The van der Waals surface area contributed by atoms with E-state index in [4.69, 9.17) is 4.74 Å². The summed E-state index contributed by atoms with van der Waals surface area (Å²) in [5.74, 6) is 0.876. The van der Waals surface area contributed by atoms with Gasteiger partial charge in [-0.3, -0.25) is 0 Å². The molecule has 1 aliphatic rings. The first kappa shape index (κ1) is 14.6. The molecule has 0 fully saturated rings. The Kier molecular flexibility index (Phi) is 3.58. The van der Waals surface area contributed by atoms with E-state index in [0.717, 1.165) is 5.75 Å². The predicted octanol–water partition coefficient (Wildman–Crippen LogP) is 5.37. The number of benzene rings is 3.